The van der Waals surface area contributed by atoms with Crippen LogP contribution in [0.15, 0.2) is 59.8 Å². The zero-order chi connectivity index (χ0) is 19.6. The number of hydrogen-bond acceptors (Lipinski definition) is 7. The van der Waals surface area contributed by atoms with Gasteiger partial charge in [-0.15, -0.1) is 10.2 Å². The van der Waals surface area contributed by atoms with Crippen LogP contribution in [-0.2, 0) is 27.8 Å². The van der Waals surface area contributed by atoms with Crippen LogP contribution >= 0.6 is 0 Å². The van der Waals surface area contributed by atoms with E-state index in [9.17, 15) is 13.2 Å². The summed E-state index contributed by atoms with van der Waals surface area (Å²) in [5.74, 6) is 0.462. The number of fused-ring (bicyclic) bond motifs is 1. The molecule has 4 rings (SSSR count). The first-order valence-corrected chi connectivity index (χ1v) is 9.90. The Kier molecular flexibility index (Phi) is 4.62. The Morgan fingerprint density at radius 1 is 1.00 bits per heavy atom. The predicted molar refractivity (Wildman–Crippen MR) is 103 cm³/mol. The summed E-state index contributed by atoms with van der Waals surface area (Å²) in [6.45, 7) is 0.546. The lowest BCUT2D eigenvalue weighted by Crippen LogP contribution is -2.15. The number of anilines is 3. The first-order valence-electron chi connectivity index (χ1n) is 8.42. The topological polar surface area (TPSA) is 126 Å². The molecule has 3 heterocycles. The van der Waals surface area contributed by atoms with E-state index in [4.69, 9.17) is 0 Å². The summed E-state index contributed by atoms with van der Waals surface area (Å²) in [5, 5.41) is 13.7. The number of benzene rings is 1. The number of carbonyl (C=O) groups excluding carboxylic acids is 1. The monoisotopic (exact) mass is 396 g/mol. The van der Waals surface area contributed by atoms with Crippen molar-refractivity contribution >= 4 is 33.3 Å². The van der Waals surface area contributed by atoms with Crippen LogP contribution in [0.5, 0.6) is 0 Å². The normalized spacial score (nSPS) is 12.9. The average molecular weight is 396 g/mol. The van der Waals surface area contributed by atoms with Crippen LogP contribution in [0.25, 0.3) is 0 Å². The van der Waals surface area contributed by atoms with Crippen LogP contribution in [0.1, 0.15) is 11.1 Å². The van der Waals surface area contributed by atoms with Gasteiger partial charge in [0, 0.05) is 24.6 Å². The molecule has 1 aliphatic rings. The Morgan fingerprint density at radius 3 is 2.50 bits per heavy atom. The van der Waals surface area contributed by atoms with Gasteiger partial charge in [-0.25, -0.2) is 8.42 Å². The van der Waals surface area contributed by atoms with E-state index in [1.165, 1.54) is 18.2 Å². The number of amides is 1. The summed E-state index contributed by atoms with van der Waals surface area (Å²) < 4.78 is 27.5. The first kappa shape index (κ1) is 17.9. The summed E-state index contributed by atoms with van der Waals surface area (Å²) in [4.78, 5) is 15.4. The maximum atomic E-state index is 12.6. The molecule has 0 radical (unpaired) electrons. The van der Waals surface area contributed by atoms with Crippen LogP contribution in [0.4, 0.5) is 17.3 Å². The van der Waals surface area contributed by atoms with E-state index in [0.29, 0.717) is 23.6 Å². The van der Waals surface area contributed by atoms with Crippen molar-refractivity contribution in [1.82, 2.24) is 15.2 Å². The van der Waals surface area contributed by atoms with Gasteiger partial charge in [0.05, 0.1) is 11.3 Å². The maximum Gasteiger partial charge on any atom is 0.263 e. The van der Waals surface area contributed by atoms with Gasteiger partial charge >= 0.3 is 0 Å². The van der Waals surface area contributed by atoms with Gasteiger partial charge in [0.1, 0.15) is 5.82 Å². The smallest absolute Gasteiger partial charge is 0.263 e. The van der Waals surface area contributed by atoms with Crippen LogP contribution in [0, 0.1) is 0 Å². The molecular weight excluding hydrogens is 380 g/mol. The molecule has 0 atom stereocenters. The maximum absolute atomic E-state index is 12.6. The van der Waals surface area contributed by atoms with Gasteiger partial charge in [0.15, 0.2) is 5.82 Å². The van der Waals surface area contributed by atoms with Gasteiger partial charge < -0.3 is 10.6 Å². The van der Waals surface area contributed by atoms with E-state index >= 15 is 0 Å². The summed E-state index contributed by atoms with van der Waals surface area (Å²) >= 11 is 0. The fourth-order valence-electron chi connectivity index (χ4n) is 2.74. The third-order valence-corrected chi connectivity index (χ3v) is 5.49. The highest BCUT2D eigenvalue weighted by Crippen LogP contribution is 2.26. The molecule has 0 fully saturated rings. The van der Waals surface area contributed by atoms with Crippen molar-refractivity contribution in [3.05, 3.63) is 66.0 Å². The van der Waals surface area contributed by atoms with Gasteiger partial charge in [-0.3, -0.25) is 14.5 Å². The van der Waals surface area contributed by atoms with Gasteiger partial charge in [-0.05, 0) is 53.6 Å². The molecule has 3 N–H and O–H groups in total. The molecule has 9 nitrogen and oxygen atoms in total. The molecule has 0 saturated carbocycles. The fourth-order valence-corrected chi connectivity index (χ4v) is 3.79. The second-order valence-corrected chi connectivity index (χ2v) is 7.84. The number of pyridine rings is 1. The van der Waals surface area contributed by atoms with Gasteiger partial charge in [-0.2, -0.15) is 0 Å². The number of nitrogens with zero attached hydrogens (tertiary/aromatic N) is 3. The number of rotatable bonds is 6. The van der Waals surface area contributed by atoms with Crippen molar-refractivity contribution in [1.29, 1.82) is 0 Å². The molecule has 1 amide bonds. The van der Waals surface area contributed by atoms with Gasteiger partial charge in [0.25, 0.3) is 10.0 Å². The molecule has 0 aliphatic carbocycles. The van der Waals surface area contributed by atoms with Crippen LogP contribution in [0.3, 0.4) is 0 Å². The van der Waals surface area contributed by atoms with Crippen LogP contribution in [-0.4, -0.2) is 29.5 Å². The molecule has 0 bridgehead atoms. The molecule has 142 valence electrons. The Balaban J connectivity index is 1.43. The molecule has 0 spiro atoms. The minimum atomic E-state index is -3.84. The largest absolute Gasteiger partial charge is 0.365 e. The zero-order valence-electron chi connectivity index (χ0n) is 14.6. The minimum Gasteiger partial charge on any atom is -0.365 e. The van der Waals surface area contributed by atoms with E-state index < -0.39 is 10.0 Å². The van der Waals surface area contributed by atoms with E-state index in [2.05, 4.69) is 30.5 Å². The molecule has 10 heteroatoms. The van der Waals surface area contributed by atoms with E-state index in [1.807, 2.05) is 12.1 Å². The molecular formula is C18H16N6O3S. The minimum absolute atomic E-state index is 0.0597. The summed E-state index contributed by atoms with van der Waals surface area (Å²) in [7, 11) is -3.84. The Morgan fingerprint density at radius 2 is 1.75 bits per heavy atom. The predicted octanol–water partition coefficient (Wildman–Crippen LogP) is 1.78. The Bertz CT molecular complexity index is 1120. The SMILES string of the molecule is O=C1Cc2cc(S(=O)(=O)Nc3ccc(NCc4ccncc4)nn3)ccc2N1. The molecule has 0 unspecified atom stereocenters. The van der Waals surface area contributed by atoms with Crippen molar-refractivity contribution < 1.29 is 13.2 Å². The fraction of sp³-hybridized carbons (Fsp3) is 0.111. The lowest BCUT2D eigenvalue weighted by Gasteiger charge is -2.09. The van der Waals surface area contributed by atoms with E-state index in [-0.39, 0.29) is 23.0 Å². The van der Waals surface area contributed by atoms with Gasteiger partial charge in [0.2, 0.25) is 5.91 Å². The number of nitrogens with one attached hydrogen (secondary N) is 3. The second-order valence-electron chi connectivity index (χ2n) is 6.16. The van der Waals surface area contributed by atoms with Crippen molar-refractivity contribution in [3.8, 4) is 0 Å². The lowest BCUT2D eigenvalue weighted by atomic mass is 10.2. The van der Waals surface area contributed by atoms with Crippen molar-refractivity contribution in [2.75, 3.05) is 15.4 Å². The molecule has 0 saturated heterocycles. The second kappa shape index (κ2) is 7.24. The van der Waals surface area contributed by atoms with E-state index in [1.54, 1.807) is 24.5 Å². The number of aromatic nitrogens is 3. The summed E-state index contributed by atoms with van der Waals surface area (Å²) in [5.41, 5.74) is 2.31. The zero-order valence-corrected chi connectivity index (χ0v) is 15.4. The van der Waals surface area contributed by atoms with Crippen LogP contribution in [0.2, 0.25) is 0 Å². The van der Waals surface area contributed by atoms with Gasteiger partial charge in [-0.1, -0.05) is 0 Å². The third-order valence-electron chi connectivity index (χ3n) is 4.14. The van der Waals surface area contributed by atoms with E-state index in [0.717, 1.165) is 5.56 Å². The Hall–Kier alpha value is -3.53. The number of carbonyl (C=O) groups is 1. The first-order chi connectivity index (χ1) is 13.5. The molecule has 28 heavy (non-hydrogen) atoms. The molecule has 2 aromatic heterocycles. The quantitative estimate of drug-likeness (QED) is 0.580. The lowest BCUT2D eigenvalue weighted by molar-refractivity contribution is -0.115. The Labute approximate surface area is 161 Å². The summed E-state index contributed by atoms with van der Waals surface area (Å²) in [6, 6.07) is 11.4. The van der Waals surface area contributed by atoms with Crippen LogP contribution < -0.4 is 15.4 Å². The van der Waals surface area contributed by atoms with Crippen molar-refractivity contribution in [3.63, 3.8) is 0 Å². The number of sulfonamides is 1. The highest BCUT2D eigenvalue weighted by atomic mass is 32.2. The third kappa shape index (κ3) is 3.91. The molecule has 1 aromatic carbocycles. The standard InChI is InChI=1S/C18H16N6O3S/c25-18-10-13-9-14(1-2-15(13)21-18)28(26,27)24-17-4-3-16(22-23-17)20-11-12-5-7-19-8-6-12/h1-9H,10-11H2,(H,20,22)(H,21,25)(H,23,24). The number of hydrogen-bond donors (Lipinski definition) is 3. The summed E-state index contributed by atoms with van der Waals surface area (Å²) in [6.07, 6.45) is 3.56. The molecule has 1 aliphatic heterocycles. The molecule has 3 aromatic rings. The van der Waals surface area contributed by atoms with Crippen molar-refractivity contribution in [2.45, 2.75) is 17.9 Å². The van der Waals surface area contributed by atoms with Crippen molar-refractivity contribution in [2.24, 2.45) is 0 Å². The average Bonchev–Trinajstić information content (AvgIpc) is 3.07. The highest BCUT2D eigenvalue weighted by molar-refractivity contribution is 7.92. The highest BCUT2D eigenvalue weighted by Gasteiger charge is 2.22.